The molecule has 0 fully saturated rings. The van der Waals surface area contributed by atoms with Gasteiger partial charge in [0.2, 0.25) is 0 Å². The van der Waals surface area contributed by atoms with Gasteiger partial charge in [-0.2, -0.15) is 0 Å². The molecule has 0 radical (unpaired) electrons. The van der Waals surface area contributed by atoms with Crippen molar-refractivity contribution in [2.45, 2.75) is 6.42 Å². The highest BCUT2D eigenvalue weighted by Crippen LogP contribution is 2.13. The topological polar surface area (TPSA) is 84.9 Å². The van der Waals surface area contributed by atoms with Crippen molar-refractivity contribution in [3.8, 4) is 11.6 Å². The zero-order valence-electron chi connectivity index (χ0n) is 8.06. The van der Waals surface area contributed by atoms with Gasteiger partial charge in [0.15, 0.2) is 11.6 Å². The number of hydrogen-bond donors (Lipinski definition) is 2. The zero-order chi connectivity index (χ0) is 10.7. The molecule has 0 bridgehead atoms. The molecule has 0 aliphatic carbocycles. The summed E-state index contributed by atoms with van der Waals surface area (Å²) >= 11 is 0. The largest absolute Gasteiger partial charge is 0.461 e. The second-order valence-corrected chi connectivity index (χ2v) is 3.10. The molecule has 0 saturated carbocycles. The van der Waals surface area contributed by atoms with E-state index in [-0.39, 0.29) is 5.56 Å². The van der Waals surface area contributed by atoms with Crippen molar-refractivity contribution in [2.24, 2.45) is 5.73 Å². The third-order valence-corrected chi connectivity index (χ3v) is 1.95. The van der Waals surface area contributed by atoms with E-state index >= 15 is 0 Å². The molecule has 0 spiro atoms. The van der Waals surface area contributed by atoms with Crippen LogP contribution in [0.2, 0.25) is 0 Å². The SMILES string of the molecule is NCCc1cc(=O)[nH]c(-c2ccco2)n1. The number of aromatic amines is 1. The summed E-state index contributed by atoms with van der Waals surface area (Å²) in [6, 6.07) is 4.93. The first kappa shape index (κ1) is 9.67. The van der Waals surface area contributed by atoms with Crippen LogP contribution in [0.25, 0.3) is 11.6 Å². The van der Waals surface area contributed by atoms with Crippen molar-refractivity contribution in [1.82, 2.24) is 9.97 Å². The summed E-state index contributed by atoms with van der Waals surface area (Å²) in [5, 5.41) is 0. The summed E-state index contributed by atoms with van der Waals surface area (Å²) in [7, 11) is 0. The lowest BCUT2D eigenvalue weighted by molar-refractivity contribution is 0.576. The van der Waals surface area contributed by atoms with Gasteiger partial charge in [-0.05, 0) is 18.7 Å². The summed E-state index contributed by atoms with van der Waals surface area (Å²) in [5.41, 5.74) is 5.88. The van der Waals surface area contributed by atoms with E-state index in [1.165, 1.54) is 12.3 Å². The monoisotopic (exact) mass is 205 g/mol. The Kier molecular flexibility index (Phi) is 2.64. The van der Waals surface area contributed by atoms with Crippen LogP contribution in [0.4, 0.5) is 0 Å². The zero-order valence-corrected chi connectivity index (χ0v) is 8.06. The summed E-state index contributed by atoms with van der Waals surface area (Å²) in [6.45, 7) is 0.466. The van der Waals surface area contributed by atoms with Crippen LogP contribution in [-0.2, 0) is 6.42 Å². The Labute approximate surface area is 86.0 Å². The Morgan fingerprint density at radius 3 is 3.07 bits per heavy atom. The standard InChI is InChI=1S/C10H11N3O2/c11-4-3-7-6-9(14)13-10(12-7)8-2-1-5-15-8/h1-2,5-6H,3-4,11H2,(H,12,13,14). The van der Waals surface area contributed by atoms with E-state index in [1.807, 2.05) is 0 Å². The predicted octanol–water partition coefficient (Wildman–Crippen LogP) is 0.531. The fourth-order valence-corrected chi connectivity index (χ4v) is 1.31. The highest BCUT2D eigenvalue weighted by Gasteiger charge is 2.05. The van der Waals surface area contributed by atoms with Crippen molar-refractivity contribution in [2.75, 3.05) is 6.54 Å². The minimum atomic E-state index is -0.195. The number of nitrogens with zero attached hydrogens (tertiary/aromatic N) is 1. The maximum atomic E-state index is 11.3. The molecule has 5 heteroatoms. The Balaban J connectivity index is 2.44. The summed E-state index contributed by atoms with van der Waals surface area (Å²) in [4.78, 5) is 18.1. The molecule has 0 amide bonds. The quantitative estimate of drug-likeness (QED) is 0.765. The van der Waals surface area contributed by atoms with Crippen molar-refractivity contribution >= 4 is 0 Å². The number of hydrogen-bond acceptors (Lipinski definition) is 4. The second kappa shape index (κ2) is 4.10. The van der Waals surface area contributed by atoms with Gasteiger partial charge in [-0.3, -0.25) is 4.79 Å². The Morgan fingerprint density at radius 1 is 1.53 bits per heavy atom. The lowest BCUT2D eigenvalue weighted by Gasteiger charge is -2.00. The van der Waals surface area contributed by atoms with Gasteiger partial charge in [0.1, 0.15) is 0 Å². The van der Waals surface area contributed by atoms with Gasteiger partial charge in [0, 0.05) is 18.2 Å². The molecule has 15 heavy (non-hydrogen) atoms. The van der Waals surface area contributed by atoms with Gasteiger partial charge in [-0.1, -0.05) is 0 Å². The molecule has 0 saturated heterocycles. The molecule has 2 rings (SSSR count). The fourth-order valence-electron chi connectivity index (χ4n) is 1.31. The molecule has 2 aromatic heterocycles. The van der Waals surface area contributed by atoms with Crippen LogP contribution >= 0.6 is 0 Å². The minimum absolute atomic E-state index is 0.195. The van der Waals surface area contributed by atoms with Gasteiger partial charge >= 0.3 is 0 Å². The Bertz CT molecular complexity index is 488. The number of nitrogens with one attached hydrogen (secondary N) is 1. The average molecular weight is 205 g/mol. The van der Waals surface area contributed by atoms with Gasteiger partial charge in [-0.25, -0.2) is 4.98 Å². The van der Waals surface area contributed by atoms with Crippen LogP contribution in [0, 0.1) is 0 Å². The summed E-state index contributed by atoms with van der Waals surface area (Å²) in [5.74, 6) is 0.988. The Morgan fingerprint density at radius 2 is 2.40 bits per heavy atom. The lowest BCUT2D eigenvalue weighted by Crippen LogP contribution is -2.13. The van der Waals surface area contributed by atoms with Crippen LogP contribution in [-0.4, -0.2) is 16.5 Å². The molecule has 0 atom stereocenters. The molecular formula is C10H11N3O2. The second-order valence-electron chi connectivity index (χ2n) is 3.10. The van der Waals surface area contributed by atoms with E-state index in [9.17, 15) is 4.79 Å². The van der Waals surface area contributed by atoms with E-state index in [2.05, 4.69) is 9.97 Å². The Hall–Kier alpha value is -1.88. The van der Waals surface area contributed by atoms with Crippen molar-refractivity contribution in [3.05, 3.63) is 40.5 Å². The molecule has 78 valence electrons. The van der Waals surface area contributed by atoms with Crippen LogP contribution in [0.15, 0.2) is 33.7 Å². The van der Waals surface area contributed by atoms with Crippen LogP contribution < -0.4 is 11.3 Å². The lowest BCUT2D eigenvalue weighted by atomic mass is 10.3. The van der Waals surface area contributed by atoms with E-state index in [1.54, 1.807) is 12.1 Å². The fraction of sp³-hybridized carbons (Fsp3) is 0.200. The first-order valence-electron chi connectivity index (χ1n) is 4.64. The van der Waals surface area contributed by atoms with Crippen molar-refractivity contribution < 1.29 is 4.42 Å². The third-order valence-electron chi connectivity index (χ3n) is 1.95. The average Bonchev–Trinajstić information content (AvgIpc) is 2.70. The van der Waals surface area contributed by atoms with Crippen LogP contribution in [0.5, 0.6) is 0 Å². The summed E-state index contributed by atoms with van der Waals surface area (Å²) < 4.78 is 5.14. The van der Waals surface area contributed by atoms with Crippen molar-refractivity contribution in [3.63, 3.8) is 0 Å². The van der Waals surface area contributed by atoms with Gasteiger partial charge in [-0.15, -0.1) is 0 Å². The van der Waals surface area contributed by atoms with E-state index in [0.29, 0.717) is 30.2 Å². The predicted molar refractivity (Wildman–Crippen MR) is 55.3 cm³/mol. The van der Waals surface area contributed by atoms with Crippen molar-refractivity contribution in [1.29, 1.82) is 0 Å². The molecule has 3 N–H and O–H groups in total. The number of aromatic nitrogens is 2. The highest BCUT2D eigenvalue weighted by molar-refractivity contribution is 5.45. The first-order chi connectivity index (χ1) is 7.29. The smallest absolute Gasteiger partial charge is 0.251 e. The van der Waals surface area contributed by atoms with Gasteiger partial charge in [0.25, 0.3) is 5.56 Å². The number of furan rings is 1. The third kappa shape index (κ3) is 2.13. The molecule has 0 aliphatic heterocycles. The molecule has 0 aliphatic rings. The highest BCUT2D eigenvalue weighted by atomic mass is 16.3. The molecule has 2 heterocycles. The number of H-pyrrole nitrogens is 1. The summed E-state index contributed by atoms with van der Waals surface area (Å²) in [6.07, 6.45) is 2.11. The number of rotatable bonds is 3. The van der Waals surface area contributed by atoms with Gasteiger partial charge in [0.05, 0.1) is 6.26 Å². The molecular weight excluding hydrogens is 194 g/mol. The molecule has 0 aromatic carbocycles. The maximum Gasteiger partial charge on any atom is 0.251 e. The minimum Gasteiger partial charge on any atom is -0.461 e. The van der Waals surface area contributed by atoms with Crippen LogP contribution in [0.3, 0.4) is 0 Å². The van der Waals surface area contributed by atoms with E-state index in [0.717, 1.165) is 0 Å². The molecule has 0 unspecified atom stereocenters. The van der Waals surface area contributed by atoms with Crippen LogP contribution in [0.1, 0.15) is 5.69 Å². The maximum absolute atomic E-state index is 11.3. The molecule has 5 nitrogen and oxygen atoms in total. The van der Waals surface area contributed by atoms with E-state index < -0.39 is 0 Å². The van der Waals surface area contributed by atoms with E-state index in [4.69, 9.17) is 10.2 Å². The van der Waals surface area contributed by atoms with Gasteiger partial charge < -0.3 is 15.1 Å². The number of nitrogens with two attached hydrogens (primary N) is 1. The normalized spacial score (nSPS) is 10.5. The first-order valence-corrected chi connectivity index (χ1v) is 4.64. The molecule has 2 aromatic rings.